The molecule has 0 aliphatic carbocycles. The molecule has 17 heavy (non-hydrogen) atoms. The van der Waals surface area contributed by atoms with E-state index >= 15 is 0 Å². The second-order valence-corrected chi connectivity index (χ2v) is 4.53. The van der Waals surface area contributed by atoms with Gasteiger partial charge in [0.1, 0.15) is 5.75 Å². The average Bonchev–Trinajstić information content (AvgIpc) is 2.28. The highest BCUT2D eigenvalue weighted by atomic mass is 16.5. The molecule has 1 atom stereocenters. The van der Waals surface area contributed by atoms with Crippen molar-refractivity contribution in [3.8, 4) is 5.75 Å². The Balaban J connectivity index is 2.70. The number of ether oxygens (including phenoxy) is 1. The van der Waals surface area contributed by atoms with Crippen molar-refractivity contribution in [2.45, 2.75) is 33.3 Å². The SMILES string of the molecule is CC(C)Oc1ccc(C(=O)C(C)CCN)cc1. The van der Waals surface area contributed by atoms with Gasteiger partial charge in [-0.1, -0.05) is 6.92 Å². The largest absolute Gasteiger partial charge is 0.491 e. The Morgan fingerprint density at radius 2 is 1.82 bits per heavy atom. The quantitative estimate of drug-likeness (QED) is 0.771. The third-order valence-electron chi connectivity index (χ3n) is 2.56. The minimum absolute atomic E-state index is 0.0168. The first-order valence-corrected chi connectivity index (χ1v) is 6.05. The first-order valence-electron chi connectivity index (χ1n) is 6.05. The molecule has 1 aromatic carbocycles. The molecule has 1 rings (SSSR count). The zero-order chi connectivity index (χ0) is 12.8. The van der Waals surface area contributed by atoms with E-state index in [-0.39, 0.29) is 17.8 Å². The van der Waals surface area contributed by atoms with Crippen molar-refractivity contribution in [2.75, 3.05) is 6.54 Å². The van der Waals surface area contributed by atoms with Crippen LogP contribution in [0.1, 0.15) is 37.6 Å². The van der Waals surface area contributed by atoms with E-state index in [1.54, 1.807) is 0 Å². The number of benzene rings is 1. The lowest BCUT2D eigenvalue weighted by Crippen LogP contribution is -2.15. The van der Waals surface area contributed by atoms with E-state index in [2.05, 4.69) is 0 Å². The molecule has 0 radical (unpaired) electrons. The molecule has 0 aliphatic heterocycles. The predicted molar refractivity (Wildman–Crippen MR) is 69.4 cm³/mol. The summed E-state index contributed by atoms with van der Waals surface area (Å²) in [4.78, 5) is 12.0. The molecule has 1 unspecified atom stereocenters. The summed E-state index contributed by atoms with van der Waals surface area (Å²) in [5.74, 6) is 0.923. The summed E-state index contributed by atoms with van der Waals surface area (Å²) in [5, 5.41) is 0. The summed E-state index contributed by atoms with van der Waals surface area (Å²) in [6.07, 6.45) is 0.871. The molecule has 0 bridgehead atoms. The van der Waals surface area contributed by atoms with Gasteiger partial charge in [-0.3, -0.25) is 4.79 Å². The molecule has 1 aromatic rings. The zero-order valence-corrected chi connectivity index (χ0v) is 10.8. The maximum atomic E-state index is 12.0. The molecule has 0 fully saturated rings. The van der Waals surface area contributed by atoms with Gasteiger partial charge in [-0.25, -0.2) is 0 Å². The molecule has 2 N–H and O–H groups in total. The molecular formula is C14H21NO2. The molecule has 0 aliphatic rings. The van der Waals surface area contributed by atoms with Gasteiger partial charge in [-0.05, 0) is 51.1 Å². The minimum atomic E-state index is -0.0168. The lowest BCUT2D eigenvalue weighted by molar-refractivity contribution is 0.0925. The highest BCUT2D eigenvalue weighted by Gasteiger charge is 2.14. The third kappa shape index (κ3) is 4.19. The van der Waals surface area contributed by atoms with Gasteiger partial charge in [0.2, 0.25) is 0 Å². The Hall–Kier alpha value is -1.35. The van der Waals surface area contributed by atoms with Crippen molar-refractivity contribution in [1.29, 1.82) is 0 Å². The number of carbonyl (C=O) groups excluding carboxylic acids is 1. The number of hydrogen-bond acceptors (Lipinski definition) is 3. The number of carbonyl (C=O) groups is 1. The summed E-state index contributed by atoms with van der Waals surface area (Å²) in [6.45, 7) is 6.40. The molecule has 0 saturated carbocycles. The highest BCUT2D eigenvalue weighted by Crippen LogP contribution is 2.17. The van der Waals surface area contributed by atoms with Crippen LogP contribution in [0.15, 0.2) is 24.3 Å². The van der Waals surface area contributed by atoms with Gasteiger partial charge in [0.05, 0.1) is 6.10 Å². The average molecular weight is 235 g/mol. The van der Waals surface area contributed by atoms with E-state index in [1.165, 1.54) is 0 Å². The first-order chi connectivity index (χ1) is 8.04. The summed E-state index contributed by atoms with van der Waals surface area (Å²) in [6, 6.07) is 7.30. The van der Waals surface area contributed by atoms with Crippen LogP contribution in [-0.4, -0.2) is 18.4 Å². The second-order valence-electron chi connectivity index (χ2n) is 4.53. The normalized spacial score (nSPS) is 12.5. The van der Waals surface area contributed by atoms with Crippen LogP contribution >= 0.6 is 0 Å². The Morgan fingerprint density at radius 1 is 1.24 bits per heavy atom. The Bertz CT molecular complexity index is 357. The van der Waals surface area contributed by atoms with E-state index in [0.717, 1.165) is 17.7 Å². The smallest absolute Gasteiger partial charge is 0.165 e. The van der Waals surface area contributed by atoms with E-state index in [0.29, 0.717) is 6.54 Å². The molecule has 0 saturated heterocycles. The van der Waals surface area contributed by atoms with Crippen LogP contribution in [-0.2, 0) is 0 Å². The molecule has 0 amide bonds. The van der Waals surface area contributed by atoms with Gasteiger partial charge in [0, 0.05) is 11.5 Å². The third-order valence-corrected chi connectivity index (χ3v) is 2.56. The number of hydrogen-bond donors (Lipinski definition) is 1. The fourth-order valence-electron chi connectivity index (χ4n) is 1.64. The van der Waals surface area contributed by atoms with Crippen molar-refractivity contribution in [3.63, 3.8) is 0 Å². The molecule has 0 heterocycles. The topological polar surface area (TPSA) is 52.3 Å². The summed E-state index contributed by atoms with van der Waals surface area (Å²) in [7, 11) is 0. The highest BCUT2D eigenvalue weighted by molar-refractivity contribution is 5.97. The lowest BCUT2D eigenvalue weighted by Gasteiger charge is -2.11. The summed E-state index contributed by atoms with van der Waals surface area (Å²) in [5.41, 5.74) is 6.18. The van der Waals surface area contributed by atoms with Gasteiger partial charge in [0.15, 0.2) is 5.78 Å². The zero-order valence-electron chi connectivity index (χ0n) is 10.8. The number of ketones is 1. The van der Waals surface area contributed by atoms with Crippen molar-refractivity contribution >= 4 is 5.78 Å². The van der Waals surface area contributed by atoms with Gasteiger partial charge in [-0.2, -0.15) is 0 Å². The lowest BCUT2D eigenvalue weighted by atomic mass is 9.96. The predicted octanol–water partition coefficient (Wildman–Crippen LogP) is 2.64. The van der Waals surface area contributed by atoms with E-state index in [9.17, 15) is 4.79 Å². The maximum Gasteiger partial charge on any atom is 0.165 e. The standard InChI is InChI=1S/C14H21NO2/c1-10(2)17-13-6-4-12(5-7-13)14(16)11(3)8-9-15/h4-7,10-11H,8-9,15H2,1-3H3. The Kier molecular flexibility index (Phi) is 5.16. The maximum absolute atomic E-state index is 12.0. The monoisotopic (exact) mass is 235 g/mol. The molecule has 0 aromatic heterocycles. The summed E-state index contributed by atoms with van der Waals surface area (Å²) >= 11 is 0. The fourth-order valence-corrected chi connectivity index (χ4v) is 1.64. The molecule has 94 valence electrons. The van der Waals surface area contributed by atoms with Gasteiger partial charge >= 0.3 is 0 Å². The number of rotatable bonds is 6. The van der Waals surface area contributed by atoms with Crippen LogP contribution in [0.4, 0.5) is 0 Å². The Morgan fingerprint density at radius 3 is 2.29 bits per heavy atom. The summed E-state index contributed by atoms with van der Waals surface area (Å²) < 4.78 is 5.53. The van der Waals surface area contributed by atoms with Crippen LogP contribution in [0.5, 0.6) is 5.75 Å². The van der Waals surface area contributed by atoms with E-state index < -0.39 is 0 Å². The van der Waals surface area contributed by atoms with Crippen LogP contribution in [0.25, 0.3) is 0 Å². The van der Waals surface area contributed by atoms with E-state index in [4.69, 9.17) is 10.5 Å². The minimum Gasteiger partial charge on any atom is -0.491 e. The number of Topliss-reactive ketones (excluding diaryl/α,β-unsaturated/α-hetero) is 1. The number of nitrogens with two attached hydrogens (primary N) is 1. The van der Waals surface area contributed by atoms with E-state index in [1.807, 2.05) is 45.0 Å². The van der Waals surface area contributed by atoms with Gasteiger partial charge in [0.25, 0.3) is 0 Å². The van der Waals surface area contributed by atoms with Gasteiger partial charge < -0.3 is 10.5 Å². The van der Waals surface area contributed by atoms with Crippen molar-refractivity contribution < 1.29 is 9.53 Å². The van der Waals surface area contributed by atoms with Crippen LogP contribution in [0.2, 0.25) is 0 Å². The molecule has 3 nitrogen and oxygen atoms in total. The van der Waals surface area contributed by atoms with Crippen LogP contribution in [0, 0.1) is 5.92 Å². The van der Waals surface area contributed by atoms with Crippen molar-refractivity contribution in [1.82, 2.24) is 0 Å². The Labute approximate surface area is 103 Å². The second kappa shape index (κ2) is 6.40. The first kappa shape index (κ1) is 13.7. The van der Waals surface area contributed by atoms with Crippen LogP contribution in [0.3, 0.4) is 0 Å². The molecule has 0 spiro atoms. The van der Waals surface area contributed by atoms with Crippen molar-refractivity contribution in [3.05, 3.63) is 29.8 Å². The molecular weight excluding hydrogens is 214 g/mol. The fraction of sp³-hybridized carbons (Fsp3) is 0.500. The van der Waals surface area contributed by atoms with Crippen molar-refractivity contribution in [2.24, 2.45) is 11.7 Å². The van der Waals surface area contributed by atoms with Gasteiger partial charge in [-0.15, -0.1) is 0 Å². The molecule has 3 heteroatoms. The van der Waals surface area contributed by atoms with Crippen LogP contribution < -0.4 is 10.5 Å².